The van der Waals surface area contributed by atoms with Gasteiger partial charge in [0.05, 0.1) is 28.1 Å². The maximum atomic E-state index is 4.68. The van der Waals surface area contributed by atoms with Gasteiger partial charge in [-0.25, -0.2) is 0 Å². The lowest BCUT2D eigenvalue weighted by atomic mass is 9.80. The van der Waals surface area contributed by atoms with E-state index in [4.69, 9.17) is 0 Å². The van der Waals surface area contributed by atoms with Gasteiger partial charge in [-0.3, -0.25) is 9.97 Å². The van der Waals surface area contributed by atoms with E-state index in [1.54, 1.807) is 0 Å². The Balaban J connectivity index is 1.24. The molecule has 0 aliphatic carbocycles. The molecule has 2 unspecified atom stereocenters. The molecule has 0 spiro atoms. The van der Waals surface area contributed by atoms with Crippen LogP contribution in [0.15, 0.2) is 146 Å². The first kappa shape index (κ1) is 27.1. The number of fused-ring (bicyclic) bond motifs is 1. The van der Waals surface area contributed by atoms with Gasteiger partial charge in [0.1, 0.15) is 0 Å². The standard InChI is InChI=1S/C44H32N4/c1-27-34-15-9-17-36-37-18-10-16-35-28(2)39-26-33(25-38(27)44(39)48(42(34)36)43(35)37)47(31-13-7-11-29(23-31)40-19-3-5-21-45-40)32-14-8-12-30(24-32)41-20-4-6-22-46-41/h3-28H,1-2H3. The molecule has 5 heterocycles. The van der Waals surface area contributed by atoms with Gasteiger partial charge < -0.3 is 9.47 Å². The zero-order valence-corrected chi connectivity index (χ0v) is 26.8. The van der Waals surface area contributed by atoms with Gasteiger partial charge in [-0.1, -0.05) is 86.6 Å². The largest absolute Gasteiger partial charge is 0.310 e. The molecule has 0 saturated heterocycles. The highest BCUT2D eigenvalue weighted by atomic mass is 15.1. The van der Waals surface area contributed by atoms with Crippen LogP contribution in [0.4, 0.5) is 17.1 Å². The summed E-state index contributed by atoms with van der Waals surface area (Å²) < 4.78 is 2.58. The first-order valence-corrected chi connectivity index (χ1v) is 16.7. The quantitative estimate of drug-likeness (QED) is 0.193. The Labute approximate surface area is 279 Å². The van der Waals surface area contributed by atoms with Crippen molar-refractivity contribution in [2.75, 3.05) is 4.90 Å². The minimum atomic E-state index is 0.245. The number of anilines is 3. The van der Waals surface area contributed by atoms with Crippen molar-refractivity contribution in [1.29, 1.82) is 0 Å². The summed E-state index contributed by atoms with van der Waals surface area (Å²) in [5.41, 5.74) is 17.0. The van der Waals surface area contributed by atoms with Crippen LogP contribution in [-0.4, -0.2) is 14.5 Å². The zero-order chi connectivity index (χ0) is 31.9. The molecule has 0 bridgehead atoms. The number of nitrogens with zero attached hydrogens (tertiary/aromatic N) is 4. The second kappa shape index (κ2) is 10.2. The van der Waals surface area contributed by atoms with Crippen molar-refractivity contribution in [2.45, 2.75) is 25.7 Å². The first-order valence-electron chi connectivity index (χ1n) is 16.7. The number of aromatic nitrogens is 3. The highest BCUT2D eigenvalue weighted by Crippen LogP contribution is 2.53. The lowest BCUT2D eigenvalue weighted by Gasteiger charge is -2.36. The molecule has 0 saturated carbocycles. The number of pyridine rings is 2. The van der Waals surface area contributed by atoms with Crippen LogP contribution in [0.2, 0.25) is 0 Å². The highest BCUT2D eigenvalue weighted by Gasteiger charge is 2.36. The van der Waals surface area contributed by atoms with E-state index in [1.807, 2.05) is 36.7 Å². The lowest BCUT2D eigenvalue weighted by molar-refractivity contribution is 0.821. The van der Waals surface area contributed by atoms with Crippen LogP contribution in [0.5, 0.6) is 0 Å². The second-order valence-electron chi connectivity index (χ2n) is 13.1. The third-order valence-corrected chi connectivity index (χ3v) is 10.5. The molecule has 48 heavy (non-hydrogen) atoms. The number of benzene rings is 5. The third-order valence-electron chi connectivity index (χ3n) is 10.5. The van der Waals surface area contributed by atoms with Crippen LogP contribution < -0.4 is 4.90 Å². The Morgan fingerprint density at radius 1 is 0.479 bits per heavy atom. The lowest BCUT2D eigenvalue weighted by Crippen LogP contribution is -2.21. The maximum absolute atomic E-state index is 4.68. The molecule has 5 aromatic carbocycles. The molecule has 0 fully saturated rings. The first-order chi connectivity index (χ1) is 23.7. The smallest absolute Gasteiger partial charge is 0.0702 e. The van der Waals surface area contributed by atoms with Crippen LogP contribution in [0.25, 0.3) is 50.0 Å². The molecule has 10 rings (SSSR count). The van der Waals surface area contributed by atoms with Crippen LogP contribution >= 0.6 is 0 Å². The molecule has 2 atom stereocenters. The van der Waals surface area contributed by atoms with Crippen LogP contribution in [-0.2, 0) is 0 Å². The minimum Gasteiger partial charge on any atom is -0.310 e. The van der Waals surface area contributed by atoms with E-state index in [2.05, 4.69) is 142 Å². The molecule has 0 N–H and O–H groups in total. The summed E-state index contributed by atoms with van der Waals surface area (Å²) >= 11 is 0. The molecule has 8 aromatic rings. The van der Waals surface area contributed by atoms with Gasteiger partial charge in [-0.05, 0) is 82.9 Å². The second-order valence-corrected chi connectivity index (χ2v) is 13.1. The Hall–Kier alpha value is -6.00. The summed E-state index contributed by atoms with van der Waals surface area (Å²) in [4.78, 5) is 11.8. The third kappa shape index (κ3) is 3.83. The molecule has 0 amide bonds. The van der Waals surface area contributed by atoms with Crippen LogP contribution in [0, 0.1) is 0 Å². The molecular weight excluding hydrogens is 585 g/mol. The molecule has 4 nitrogen and oxygen atoms in total. The van der Waals surface area contributed by atoms with E-state index in [0.717, 1.165) is 39.6 Å². The average Bonchev–Trinajstić information content (AvgIpc) is 3.49. The van der Waals surface area contributed by atoms with Gasteiger partial charge in [0, 0.05) is 63.2 Å². The van der Waals surface area contributed by atoms with Gasteiger partial charge in [0.25, 0.3) is 0 Å². The van der Waals surface area contributed by atoms with Gasteiger partial charge in [0.2, 0.25) is 0 Å². The summed E-state index contributed by atoms with van der Waals surface area (Å²) in [5, 5.41) is 2.70. The molecule has 3 aromatic heterocycles. The van der Waals surface area contributed by atoms with E-state index >= 15 is 0 Å². The SMILES string of the molecule is CC1c2cc(N(c3cccc(-c4ccccn4)c3)c3cccc(-c4ccccn4)c3)cc3c2-n2c4c1cccc4c1cccc(c12)C3C. The number of para-hydroxylation sites is 2. The summed E-state index contributed by atoms with van der Waals surface area (Å²) in [6.45, 7) is 4.76. The van der Waals surface area contributed by atoms with Crippen molar-refractivity contribution >= 4 is 38.9 Å². The van der Waals surface area contributed by atoms with Crippen LogP contribution in [0.3, 0.4) is 0 Å². The summed E-state index contributed by atoms with van der Waals surface area (Å²) in [6, 6.07) is 48.3. The summed E-state index contributed by atoms with van der Waals surface area (Å²) in [6.07, 6.45) is 3.72. The molecule has 4 heteroatoms. The Morgan fingerprint density at radius 3 is 1.46 bits per heavy atom. The molecule has 2 aliphatic heterocycles. The van der Waals surface area contributed by atoms with E-state index in [9.17, 15) is 0 Å². The number of rotatable bonds is 5. The van der Waals surface area contributed by atoms with Crippen molar-refractivity contribution < 1.29 is 0 Å². The normalized spacial score (nSPS) is 15.7. The predicted octanol–water partition coefficient (Wildman–Crippen LogP) is 11.3. The monoisotopic (exact) mass is 616 g/mol. The minimum absolute atomic E-state index is 0.245. The average molecular weight is 617 g/mol. The van der Waals surface area contributed by atoms with Crippen molar-refractivity contribution in [3.05, 3.63) is 168 Å². The van der Waals surface area contributed by atoms with Crippen molar-refractivity contribution in [3.8, 4) is 28.2 Å². The molecule has 228 valence electrons. The fourth-order valence-corrected chi connectivity index (χ4v) is 8.26. The number of hydrogen-bond donors (Lipinski definition) is 0. The van der Waals surface area contributed by atoms with Crippen molar-refractivity contribution in [3.63, 3.8) is 0 Å². The fraction of sp³-hybridized carbons (Fsp3) is 0.0909. The molecule has 0 radical (unpaired) electrons. The van der Waals surface area contributed by atoms with Gasteiger partial charge in [-0.2, -0.15) is 0 Å². The van der Waals surface area contributed by atoms with E-state index < -0.39 is 0 Å². The van der Waals surface area contributed by atoms with E-state index in [1.165, 1.54) is 49.7 Å². The van der Waals surface area contributed by atoms with Gasteiger partial charge in [-0.15, -0.1) is 0 Å². The topological polar surface area (TPSA) is 34.0 Å². The van der Waals surface area contributed by atoms with Crippen molar-refractivity contribution in [1.82, 2.24) is 14.5 Å². The summed E-state index contributed by atoms with van der Waals surface area (Å²) in [5.74, 6) is 0.490. The molecule has 2 aliphatic rings. The van der Waals surface area contributed by atoms with Gasteiger partial charge in [0.15, 0.2) is 0 Å². The Kier molecular flexibility index (Phi) is 5.80. The zero-order valence-electron chi connectivity index (χ0n) is 26.8. The van der Waals surface area contributed by atoms with E-state index in [-0.39, 0.29) is 11.8 Å². The Bertz CT molecular complexity index is 2380. The highest BCUT2D eigenvalue weighted by molar-refractivity contribution is 6.13. The summed E-state index contributed by atoms with van der Waals surface area (Å²) in [7, 11) is 0. The van der Waals surface area contributed by atoms with Gasteiger partial charge >= 0.3 is 0 Å². The van der Waals surface area contributed by atoms with Crippen LogP contribution in [0.1, 0.15) is 47.9 Å². The maximum Gasteiger partial charge on any atom is 0.0702 e. The number of hydrogen-bond acceptors (Lipinski definition) is 3. The Morgan fingerprint density at radius 2 is 0.979 bits per heavy atom. The molecular formula is C44H32N4. The van der Waals surface area contributed by atoms with E-state index in [0.29, 0.717) is 0 Å². The van der Waals surface area contributed by atoms with Crippen molar-refractivity contribution in [2.24, 2.45) is 0 Å². The predicted molar refractivity (Wildman–Crippen MR) is 197 cm³/mol. The fourth-order valence-electron chi connectivity index (χ4n) is 8.26.